The van der Waals surface area contributed by atoms with Gasteiger partial charge in [0, 0.05) is 12.5 Å². The summed E-state index contributed by atoms with van der Waals surface area (Å²) >= 11 is 0. The molecule has 1 fully saturated rings. The fourth-order valence-electron chi connectivity index (χ4n) is 1.08. The van der Waals surface area contributed by atoms with Gasteiger partial charge in [-0.3, -0.25) is 4.79 Å². The van der Waals surface area contributed by atoms with Crippen molar-refractivity contribution in [2.45, 2.75) is 12.5 Å². The Morgan fingerprint density at radius 2 is 2.50 bits per heavy atom. The Morgan fingerprint density at radius 3 is 2.80 bits per heavy atom. The number of primary amides is 1. The van der Waals surface area contributed by atoms with Crippen LogP contribution in [0.4, 0.5) is 0 Å². The van der Waals surface area contributed by atoms with Crippen LogP contribution >= 0.6 is 0 Å². The number of hydrogen-bond acceptors (Lipinski definition) is 2. The van der Waals surface area contributed by atoms with E-state index in [2.05, 4.69) is 11.2 Å². The molecule has 0 aliphatic carbocycles. The van der Waals surface area contributed by atoms with Crippen LogP contribution in [0.1, 0.15) is 6.42 Å². The number of rotatable bonds is 1. The SMILES string of the molecule is C#CC1CN[C@H](C(N)=O)C1. The Kier molecular flexibility index (Phi) is 1.93. The van der Waals surface area contributed by atoms with Crippen LogP contribution in [0.25, 0.3) is 0 Å². The highest BCUT2D eigenvalue weighted by molar-refractivity contribution is 5.80. The molecule has 1 amide bonds. The van der Waals surface area contributed by atoms with Gasteiger partial charge in [-0.1, -0.05) is 0 Å². The molecule has 0 spiro atoms. The molecule has 0 radical (unpaired) electrons. The molecule has 0 saturated carbocycles. The summed E-state index contributed by atoms with van der Waals surface area (Å²) in [4.78, 5) is 10.6. The second-order valence-corrected chi connectivity index (χ2v) is 2.46. The molecular formula is C7H10N2O. The van der Waals surface area contributed by atoms with Gasteiger partial charge in [0.2, 0.25) is 5.91 Å². The van der Waals surface area contributed by atoms with Crippen LogP contribution in [0.2, 0.25) is 0 Å². The van der Waals surface area contributed by atoms with E-state index in [1.165, 1.54) is 0 Å². The Bertz CT molecular complexity index is 183. The summed E-state index contributed by atoms with van der Waals surface area (Å²) in [5.74, 6) is 2.45. The fraction of sp³-hybridized carbons (Fsp3) is 0.571. The second kappa shape index (κ2) is 2.72. The van der Waals surface area contributed by atoms with Crippen LogP contribution in [0.5, 0.6) is 0 Å². The molecule has 1 aliphatic rings. The first-order valence-corrected chi connectivity index (χ1v) is 3.23. The van der Waals surface area contributed by atoms with E-state index in [0.717, 1.165) is 0 Å². The number of terminal acetylenes is 1. The van der Waals surface area contributed by atoms with Gasteiger partial charge < -0.3 is 11.1 Å². The fourth-order valence-corrected chi connectivity index (χ4v) is 1.08. The molecule has 1 unspecified atom stereocenters. The molecule has 0 aromatic heterocycles. The Balaban J connectivity index is 2.45. The lowest BCUT2D eigenvalue weighted by Crippen LogP contribution is -2.36. The summed E-state index contributed by atoms with van der Waals surface area (Å²) < 4.78 is 0. The molecule has 1 aliphatic heterocycles. The maximum Gasteiger partial charge on any atom is 0.234 e. The molecule has 3 N–H and O–H groups in total. The molecule has 2 atom stereocenters. The molecule has 1 rings (SSSR count). The van der Waals surface area contributed by atoms with Crippen molar-refractivity contribution in [3.8, 4) is 12.3 Å². The number of nitrogens with one attached hydrogen (secondary N) is 1. The minimum atomic E-state index is -0.308. The number of nitrogens with two attached hydrogens (primary N) is 1. The van der Waals surface area contributed by atoms with Gasteiger partial charge in [0.05, 0.1) is 6.04 Å². The molecule has 10 heavy (non-hydrogen) atoms. The van der Waals surface area contributed by atoms with Crippen molar-refractivity contribution in [3.63, 3.8) is 0 Å². The average Bonchev–Trinajstić information content (AvgIpc) is 2.34. The molecule has 0 aromatic rings. The van der Waals surface area contributed by atoms with Gasteiger partial charge in [0.15, 0.2) is 0 Å². The van der Waals surface area contributed by atoms with Gasteiger partial charge in [0.25, 0.3) is 0 Å². The first kappa shape index (κ1) is 7.10. The summed E-state index contributed by atoms with van der Waals surface area (Å²) in [5, 5.41) is 2.94. The summed E-state index contributed by atoms with van der Waals surface area (Å²) in [7, 11) is 0. The molecule has 0 aromatic carbocycles. The maximum atomic E-state index is 10.6. The minimum absolute atomic E-state index is 0.178. The van der Waals surface area contributed by atoms with E-state index >= 15 is 0 Å². The lowest BCUT2D eigenvalue weighted by atomic mass is 10.1. The van der Waals surface area contributed by atoms with Crippen molar-refractivity contribution in [2.24, 2.45) is 11.7 Å². The number of carbonyl (C=O) groups excluding carboxylic acids is 1. The van der Waals surface area contributed by atoms with E-state index in [-0.39, 0.29) is 17.9 Å². The van der Waals surface area contributed by atoms with Crippen LogP contribution in [-0.4, -0.2) is 18.5 Å². The third kappa shape index (κ3) is 1.28. The largest absolute Gasteiger partial charge is 0.368 e. The van der Waals surface area contributed by atoms with E-state index in [1.807, 2.05) is 0 Å². The van der Waals surface area contributed by atoms with Crippen LogP contribution in [0.3, 0.4) is 0 Å². The van der Waals surface area contributed by atoms with E-state index < -0.39 is 0 Å². The van der Waals surface area contributed by atoms with E-state index in [1.54, 1.807) is 0 Å². The topological polar surface area (TPSA) is 55.1 Å². The average molecular weight is 138 g/mol. The van der Waals surface area contributed by atoms with Crippen LogP contribution < -0.4 is 11.1 Å². The lowest BCUT2D eigenvalue weighted by molar-refractivity contribution is -0.119. The van der Waals surface area contributed by atoms with Crippen molar-refractivity contribution >= 4 is 5.91 Å². The smallest absolute Gasteiger partial charge is 0.234 e. The monoisotopic (exact) mass is 138 g/mol. The molecule has 54 valence electrons. The van der Waals surface area contributed by atoms with Crippen LogP contribution in [0.15, 0.2) is 0 Å². The molecule has 1 saturated heterocycles. The summed E-state index contributed by atoms with van der Waals surface area (Å²) in [6, 6.07) is -0.207. The van der Waals surface area contributed by atoms with Gasteiger partial charge >= 0.3 is 0 Å². The van der Waals surface area contributed by atoms with E-state index in [4.69, 9.17) is 12.2 Å². The second-order valence-electron chi connectivity index (χ2n) is 2.46. The van der Waals surface area contributed by atoms with Gasteiger partial charge in [-0.05, 0) is 6.42 Å². The Labute approximate surface area is 60.0 Å². The van der Waals surface area contributed by atoms with Crippen molar-refractivity contribution in [2.75, 3.05) is 6.54 Å². The van der Waals surface area contributed by atoms with E-state index in [0.29, 0.717) is 13.0 Å². The van der Waals surface area contributed by atoms with Crippen molar-refractivity contribution < 1.29 is 4.79 Å². The van der Waals surface area contributed by atoms with Crippen molar-refractivity contribution in [1.82, 2.24) is 5.32 Å². The van der Waals surface area contributed by atoms with Crippen LogP contribution in [-0.2, 0) is 4.79 Å². The summed E-state index contributed by atoms with van der Waals surface area (Å²) in [5.41, 5.74) is 5.04. The Morgan fingerprint density at radius 1 is 1.80 bits per heavy atom. The Hall–Kier alpha value is -1.01. The van der Waals surface area contributed by atoms with Gasteiger partial charge in [-0.2, -0.15) is 0 Å². The van der Waals surface area contributed by atoms with Gasteiger partial charge in [0.1, 0.15) is 0 Å². The van der Waals surface area contributed by atoms with Gasteiger partial charge in [-0.15, -0.1) is 12.3 Å². The quantitative estimate of drug-likeness (QED) is 0.460. The molecular weight excluding hydrogens is 128 g/mol. The molecule has 3 nitrogen and oxygen atoms in total. The maximum absolute atomic E-state index is 10.6. The first-order valence-electron chi connectivity index (χ1n) is 3.23. The highest BCUT2D eigenvalue weighted by Gasteiger charge is 2.25. The third-order valence-corrected chi connectivity index (χ3v) is 1.71. The lowest BCUT2D eigenvalue weighted by Gasteiger charge is -2.01. The van der Waals surface area contributed by atoms with Crippen molar-refractivity contribution in [3.05, 3.63) is 0 Å². The number of hydrogen-bond donors (Lipinski definition) is 2. The highest BCUT2D eigenvalue weighted by atomic mass is 16.1. The first-order chi connectivity index (χ1) is 4.74. The molecule has 3 heteroatoms. The highest BCUT2D eigenvalue weighted by Crippen LogP contribution is 2.11. The standard InChI is InChI=1S/C7H10N2O/c1-2-5-3-6(7(8)10)9-4-5/h1,5-6,9H,3-4H2,(H2,8,10)/t5?,6-/m0/s1. The zero-order chi connectivity index (χ0) is 7.56. The number of carbonyl (C=O) groups is 1. The summed E-state index contributed by atoms with van der Waals surface area (Å²) in [6.45, 7) is 0.712. The van der Waals surface area contributed by atoms with E-state index in [9.17, 15) is 4.79 Å². The number of amides is 1. The zero-order valence-electron chi connectivity index (χ0n) is 5.63. The molecule has 1 heterocycles. The molecule has 0 bridgehead atoms. The predicted molar refractivity (Wildman–Crippen MR) is 37.9 cm³/mol. The van der Waals surface area contributed by atoms with Gasteiger partial charge in [-0.25, -0.2) is 0 Å². The zero-order valence-corrected chi connectivity index (χ0v) is 5.63. The van der Waals surface area contributed by atoms with Crippen LogP contribution in [0, 0.1) is 18.3 Å². The minimum Gasteiger partial charge on any atom is -0.368 e. The normalized spacial score (nSPS) is 31.5. The predicted octanol–water partition coefficient (Wildman–Crippen LogP) is -0.917. The third-order valence-electron chi connectivity index (χ3n) is 1.71. The summed E-state index contributed by atoms with van der Waals surface area (Å²) in [6.07, 6.45) is 5.84. The van der Waals surface area contributed by atoms with Crippen molar-refractivity contribution in [1.29, 1.82) is 0 Å².